The van der Waals surface area contributed by atoms with E-state index < -0.39 is 0 Å². The Hall–Kier alpha value is -3.15. The average Bonchev–Trinajstić information content (AvgIpc) is 2.93. The summed E-state index contributed by atoms with van der Waals surface area (Å²) >= 11 is 0. The summed E-state index contributed by atoms with van der Waals surface area (Å²) in [4.78, 5) is 26.7. The van der Waals surface area contributed by atoms with E-state index in [1.165, 1.54) is 6.07 Å². The minimum absolute atomic E-state index is 0.185. The van der Waals surface area contributed by atoms with Gasteiger partial charge in [-0.25, -0.2) is 0 Å². The van der Waals surface area contributed by atoms with Gasteiger partial charge in [-0.15, -0.1) is 0 Å². The number of H-pyrrole nitrogens is 1. The number of aromatic amines is 1. The number of amides is 1. The zero-order valence-electron chi connectivity index (χ0n) is 13.8. The summed E-state index contributed by atoms with van der Waals surface area (Å²) in [6.45, 7) is 3.54. The Labute approximate surface area is 139 Å². The highest BCUT2D eigenvalue weighted by Gasteiger charge is 2.16. The summed E-state index contributed by atoms with van der Waals surface area (Å²) in [5, 5.41) is 7.26. The van der Waals surface area contributed by atoms with E-state index in [4.69, 9.17) is 0 Å². The highest BCUT2D eigenvalue weighted by molar-refractivity contribution is 6.04. The van der Waals surface area contributed by atoms with Gasteiger partial charge in [0.05, 0.1) is 11.4 Å². The number of aryl methyl sites for hydroxylation is 3. The minimum atomic E-state index is -0.273. The van der Waals surface area contributed by atoms with Crippen LogP contribution < -0.4 is 10.9 Å². The summed E-state index contributed by atoms with van der Waals surface area (Å²) in [6, 6.07) is 12.9. The van der Waals surface area contributed by atoms with E-state index in [0.717, 1.165) is 16.8 Å². The van der Waals surface area contributed by atoms with E-state index in [0.29, 0.717) is 17.1 Å². The molecular weight excluding hydrogens is 304 g/mol. The molecule has 0 unspecified atom stereocenters. The van der Waals surface area contributed by atoms with Gasteiger partial charge in [0.2, 0.25) is 5.56 Å². The second-order valence-corrected chi connectivity index (χ2v) is 5.68. The SMILES string of the molecule is Cc1cc(=O)[nH]c(C)c1NC(=O)c1cc(-c2ccccc2)nn1C. The van der Waals surface area contributed by atoms with Gasteiger partial charge in [-0.1, -0.05) is 30.3 Å². The fourth-order valence-corrected chi connectivity index (χ4v) is 2.65. The molecule has 0 aliphatic carbocycles. The van der Waals surface area contributed by atoms with Gasteiger partial charge >= 0.3 is 0 Å². The Morgan fingerprint density at radius 2 is 1.88 bits per heavy atom. The van der Waals surface area contributed by atoms with Crippen LogP contribution in [0, 0.1) is 13.8 Å². The second kappa shape index (κ2) is 6.16. The molecule has 0 fully saturated rings. The molecule has 1 aromatic carbocycles. The highest BCUT2D eigenvalue weighted by atomic mass is 16.2. The first kappa shape index (κ1) is 15.7. The van der Waals surface area contributed by atoms with Crippen molar-refractivity contribution in [2.75, 3.05) is 5.32 Å². The molecule has 0 aliphatic heterocycles. The topological polar surface area (TPSA) is 79.8 Å². The van der Waals surface area contributed by atoms with Crippen LogP contribution in [0.25, 0.3) is 11.3 Å². The van der Waals surface area contributed by atoms with E-state index in [2.05, 4.69) is 15.4 Å². The number of anilines is 1. The maximum atomic E-state index is 12.6. The van der Waals surface area contributed by atoms with Crippen LogP contribution >= 0.6 is 0 Å². The molecule has 3 rings (SSSR count). The summed E-state index contributed by atoms with van der Waals surface area (Å²) in [7, 11) is 1.73. The lowest BCUT2D eigenvalue weighted by Gasteiger charge is -2.10. The van der Waals surface area contributed by atoms with Crippen molar-refractivity contribution in [2.45, 2.75) is 13.8 Å². The number of carbonyl (C=O) groups excluding carboxylic acids is 1. The van der Waals surface area contributed by atoms with Crippen LogP contribution in [-0.2, 0) is 7.05 Å². The monoisotopic (exact) mass is 322 g/mol. The van der Waals surface area contributed by atoms with Gasteiger partial charge in [-0.05, 0) is 25.5 Å². The van der Waals surface area contributed by atoms with E-state index in [1.807, 2.05) is 30.3 Å². The van der Waals surface area contributed by atoms with Crippen molar-refractivity contribution < 1.29 is 4.79 Å². The zero-order chi connectivity index (χ0) is 17.3. The molecule has 6 heteroatoms. The maximum Gasteiger partial charge on any atom is 0.273 e. The first-order chi connectivity index (χ1) is 11.5. The smallest absolute Gasteiger partial charge is 0.273 e. The Morgan fingerprint density at radius 1 is 1.17 bits per heavy atom. The van der Waals surface area contributed by atoms with E-state index in [1.54, 1.807) is 31.6 Å². The molecular formula is C18H18N4O2. The molecule has 1 amide bonds. The van der Waals surface area contributed by atoms with Crippen LogP contribution in [0.15, 0.2) is 47.3 Å². The van der Waals surface area contributed by atoms with Crippen LogP contribution in [0.5, 0.6) is 0 Å². The van der Waals surface area contributed by atoms with Gasteiger partial charge in [0.25, 0.3) is 5.91 Å². The summed E-state index contributed by atoms with van der Waals surface area (Å²) in [5.41, 5.74) is 3.89. The Balaban J connectivity index is 1.92. The van der Waals surface area contributed by atoms with Crippen LogP contribution in [0.4, 0.5) is 5.69 Å². The molecule has 122 valence electrons. The summed E-state index contributed by atoms with van der Waals surface area (Å²) in [6.07, 6.45) is 0. The number of nitrogens with zero attached hydrogens (tertiary/aromatic N) is 2. The van der Waals surface area contributed by atoms with Gasteiger partial charge in [-0.2, -0.15) is 5.10 Å². The van der Waals surface area contributed by atoms with E-state index >= 15 is 0 Å². The fraction of sp³-hybridized carbons (Fsp3) is 0.167. The van der Waals surface area contributed by atoms with E-state index in [-0.39, 0.29) is 11.5 Å². The Kier molecular flexibility index (Phi) is 4.04. The summed E-state index contributed by atoms with van der Waals surface area (Å²) in [5.74, 6) is -0.273. The van der Waals surface area contributed by atoms with Crippen molar-refractivity contribution >= 4 is 11.6 Å². The van der Waals surface area contributed by atoms with Crippen LogP contribution in [-0.4, -0.2) is 20.7 Å². The molecule has 0 atom stereocenters. The Morgan fingerprint density at radius 3 is 2.54 bits per heavy atom. The molecule has 0 radical (unpaired) electrons. The third-order valence-corrected chi connectivity index (χ3v) is 3.85. The molecule has 0 saturated heterocycles. The van der Waals surface area contributed by atoms with Gasteiger partial charge in [0, 0.05) is 24.4 Å². The van der Waals surface area contributed by atoms with E-state index in [9.17, 15) is 9.59 Å². The number of pyridine rings is 1. The van der Waals surface area contributed by atoms with Crippen LogP contribution in [0.1, 0.15) is 21.7 Å². The maximum absolute atomic E-state index is 12.6. The van der Waals surface area contributed by atoms with Crippen molar-refractivity contribution in [3.8, 4) is 11.3 Å². The minimum Gasteiger partial charge on any atom is -0.324 e. The van der Waals surface area contributed by atoms with Crippen molar-refractivity contribution in [2.24, 2.45) is 7.05 Å². The quantitative estimate of drug-likeness (QED) is 0.778. The number of hydrogen-bond donors (Lipinski definition) is 2. The second-order valence-electron chi connectivity index (χ2n) is 5.68. The molecule has 2 aromatic heterocycles. The van der Waals surface area contributed by atoms with Gasteiger partial charge in [0.15, 0.2) is 0 Å². The molecule has 2 N–H and O–H groups in total. The van der Waals surface area contributed by atoms with Crippen LogP contribution in [0.2, 0.25) is 0 Å². The first-order valence-electron chi connectivity index (χ1n) is 7.57. The lowest BCUT2D eigenvalue weighted by atomic mass is 10.1. The third kappa shape index (κ3) is 2.99. The Bertz CT molecular complexity index is 929. The number of nitrogens with one attached hydrogen (secondary N) is 2. The standard InChI is InChI=1S/C18H18N4O2/c1-11-9-16(23)19-12(2)17(11)20-18(24)15-10-14(21-22(15)3)13-7-5-4-6-8-13/h4-10H,1-3H3,(H,19,23)(H,20,24). The molecule has 0 aliphatic rings. The number of benzene rings is 1. The lowest BCUT2D eigenvalue weighted by Crippen LogP contribution is -2.19. The molecule has 6 nitrogen and oxygen atoms in total. The largest absolute Gasteiger partial charge is 0.324 e. The zero-order valence-corrected chi connectivity index (χ0v) is 13.8. The van der Waals surface area contributed by atoms with Crippen molar-refractivity contribution in [1.29, 1.82) is 0 Å². The first-order valence-corrected chi connectivity index (χ1v) is 7.57. The van der Waals surface area contributed by atoms with Gasteiger partial charge < -0.3 is 10.3 Å². The highest BCUT2D eigenvalue weighted by Crippen LogP contribution is 2.20. The van der Waals surface area contributed by atoms with Crippen molar-refractivity contribution in [3.63, 3.8) is 0 Å². The number of carbonyl (C=O) groups is 1. The number of hydrogen-bond acceptors (Lipinski definition) is 3. The molecule has 0 bridgehead atoms. The van der Waals surface area contributed by atoms with Crippen molar-refractivity contribution in [3.05, 3.63) is 69.8 Å². The predicted molar refractivity (Wildman–Crippen MR) is 93.1 cm³/mol. The fourth-order valence-electron chi connectivity index (χ4n) is 2.65. The normalized spacial score (nSPS) is 10.6. The van der Waals surface area contributed by atoms with Gasteiger partial charge in [-0.3, -0.25) is 14.3 Å². The number of aromatic nitrogens is 3. The molecule has 24 heavy (non-hydrogen) atoms. The molecule has 3 aromatic rings. The molecule has 0 saturated carbocycles. The predicted octanol–water partition coefficient (Wildman–Crippen LogP) is 2.64. The summed E-state index contributed by atoms with van der Waals surface area (Å²) < 4.78 is 1.55. The van der Waals surface area contributed by atoms with Crippen molar-refractivity contribution in [1.82, 2.24) is 14.8 Å². The number of rotatable bonds is 3. The molecule has 0 spiro atoms. The van der Waals surface area contributed by atoms with Crippen LogP contribution in [0.3, 0.4) is 0 Å². The third-order valence-electron chi connectivity index (χ3n) is 3.85. The van der Waals surface area contributed by atoms with Gasteiger partial charge in [0.1, 0.15) is 5.69 Å². The lowest BCUT2D eigenvalue weighted by molar-refractivity contribution is 0.101. The molecule has 2 heterocycles. The average molecular weight is 322 g/mol.